The number of carbonyl (C=O) groups is 1. The van der Waals surface area contributed by atoms with Crippen LogP contribution in [-0.2, 0) is 11.3 Å². The second-order valence-corrected chi connectivity index (χ2v) is 8.26. The van der Waals surface area contributed by atoms with Gasteiger partial charge in [-0.05, 0) is 42.8 Å². The molecule has 2 aromatic rings. The number of hydrogen-bond acceptors (Lipinski definition) is 7. The number of rotatable bonds is 4. The highest BCUT2D eigenvalue weighted by atomic mass is 79.9. The SMILES string of the molecule is CC(C)(C)OC(=O)N1CCN(c2ncc(OCc3ccc(Br)nc3)cn2)CC1. The molecule has 0 atom stereocenters. The summed E-state index contributed by atoms with van der Waals surface area (Å²) in [5, 5.41) is 0. The monoisotopic (exact) mass is 449 g/mol. The van der Waals surface area contributed by atoms with Crippen molar-refractivity contribution >= 4 is 28.0 Å². The normalized spacial score (nSPS) is 14.7. The van der Waals surface area contributed by atoms with E-state index in [4.69, 9.17) is 9.47 Å². The predicted molar refractivity (Wildman–Crippen MR) is 108 cm³/mol. The molecule has 150 valence electrons. The summed E-state index contributed by atoms with van der Waals surface area (Å²) in [6.07, 6.45) is 4.80. The van der Waals surface area contributed by atoms with Crippen LogP contribution in [0.4, 0.5) is 10.7 Å². The molecule has 0 unspecified atom stereocenters. The number of hydrogen-bond donors (Lipinski definition) is 0. The highest BCUT2D eigenvalue weighted by molar-refractivity contribution is 9.10. The predicted octanol–water partition coefficient (Wildman–Crippen LogP) is 3.27. The topological polar surface area (TPSA) is 80.7 Å². The minimum absolute atomic E-state index is 0.278. The van der Waals surface area contributed by atoms with Crippen molar-refractivity contribution in [2.45, 2.75) is 33.0 Å². The minimum Gasteiger partial charge on any atom is -0.486 e. The maximum Gasteiger partial charge on any atom is 0.410 e. The smallest absolute Gasteiger partial charge is 0.410 e. The van der Waals surface area contributed by atoms with Crippen LogP contribution in [0.3, 0.4) is 0 Å². The largest absolute Gasteiger partial charge is 0.486 e. The number of ether oxygens (including phenoxy) is 2. The van der Waals surface area contributed by atoms with Gasteiger partial charge in [0.25, 0.3) is 0 Å². The van der Waals surface area contributed by atoms with Gasteiger partial charge in [0.2, 0.25) is 5.95 Å². The first-order chi connectivity index (χ1) is 13.3. The maximum absolute atomic E-state index is 12.1. The summed E-state index contributed by atoms with van der Waals surface area (Å²) in [6.45, 7) is 8.47. The summed E-state index contributed by atoms with van der Waals surface area (Å²) in [7, 11) is 0. The van der Waals surface area contributed by atoms with Crippen molar-refractivity contribution in [2.24, 2.45) is 0 Å². The van der Waals surface area contributed by atoms with Crippen molar-refractivity contribution < 1.29 is 14.3 Å². The Kier molecular flexibility index (Phi) is 6.33. The Morgan fingerprint density at radius 3 is 2.32 bits per heavy atom. The van der Waals surface area contributed by atoms with E-state index in [0.717, 1.165) is 10.2 Å². The quantitative estimate of drug-likeness (QED) is 0.662. The molecule has 0 saturated carbocycles. The minimum atomic E-state index is -0.487. The van der Waals surface area contributed by atoms with Crippen LogP contribution < -0.4 is 9.64 Å². The second kappa shape index (κ2) is 8.72. The van der Waals surface area contributed by atoms with Crippen molar-refractivity contribution in [3.05, 3.63) is 40.9 Å². The lowest BCUT2D eigenvalue weighted by Gasteiger charge is -2.35. The average molecular weight is 450 g/mol. The summed E-state index contributed by atoms with van der Waals surface area (Å²) in [5.74, 6) is 1.22. The Hall–Kier alpha value is -2.42. The van der Waals surface area contributed by atoms with Crippen LogP contribution in [0.5, 0.6) is 5.75 Å². The van der Waals surface area contributed by atoms with E-state index in [9.17, 15) is 4.79 Å². The molecule has 1 aliphatic heterocycles. The lowest BCUT2D eigenvalue weighted by molar-refractivity contribution is 0.0240. The Morgan fingerprint density at radius 2 is 1.75 bits per heavy atom. The van der Waals surface area contributed by atoms with Gasteiger partial charge in [0.15, 0.2) is 5.75 Å². The molecule has 0 bridgehead atoms. The van der Waals surface area contributed by atoms with Crippen LogP contribution in [0.1, 0.15) is 26.3 Å². The van der Waals surface area contributed by atoms with E-state index in [1.54, 1.807) is 23.5 Å². The van der Waals surface area contributed by atoms with Crippen LogP contribution >= 0.6 is 15.9 Å². The third-order valence-electron chi connectivity index (χ3n) is 4.02. The average Bonchev–Trinajstić information content (AvgIpc) is 2.67. The van der Waals surface area contributed by atoms with E-state index in [1.807, 2.05) is 37.8 Å². The van der Waals surface area contributed by atoms with Gasteiger partial charge >= 0.3 is 6.09 Å². The van der Waals surface area contributed by atoms with Crippen LogP contribution in [0.2, 0.25) is 0 Å². The molecular formula is C19H24BrN5O3. The third-order valence-corrected chi connectivity index (χ3v) is 4.49. The lowest BCUT2D eigenvalue weighted by atomic mass is 10.2. The van der Waals surface area contributed by atoms with E-state index in [2.05, 4.69) is 30.9 Å². The molecule has 0 N–H and O–H groups in total. The molecule has 3 heterocycles. The number of pyridine rings is 1. The van der Waals surface area contributed by atoms with Crippen LogP contribution in [0.15, 0.2) is 35.3 Å². The second-order valence-electron chi connectivity index (χ2n) is 7.45. The Labute approximate surface area is 173 Å². The van der Waals surface area contributed by atoms with Gasteiger partial charge in [0.1, 0.15) is 16.8 Å². The molecule has 2 aromatic heterocycles. The van der Waals surface area contributed by atoms with E-state index >= 15 is 0 Å². The summed E-state index contributed by atoms with van der Waals surface area (Å²) in [5.41, 5.74) is 0.477. The van der Waals surface area contributed by atoms with Gasteiger partial charge in [0.05, 0.1) is 12.4 Å². The fourth-order valence-electron chi connectivity index (χ4n) is 2.62. The summed E-state index contributed by atoms with van der Waals surface area (Å²) in [6, 6.07) is 3.81. The molecule has 3 rings (SSSR count). The van der Waals surface area contributed by atoms with Gasteiger partial charge in [-0.3, -0.25) is 0 Å². The summed E-state index contributed by atoms with van der Waals surface area (Å²) >= 11 is 3.31. The van der Waals surface area contributed by atoms with E-state index in [1.165, 1.54) is 0 Å². The van der Waals surface area contributed by atoms with Gasteiger partial charge in [-0.15, -0.1) is 0 Å². The highest BCUT2D eigenvalue weighted by Crippen LogP contribution is 2.17. The van der Waals surface area contributed by atoms with Crippen molar-refractivity contribution in [1.29, 1.82) is 0 Å². The molecule has 1 amide bonds. The van der Waals surface area contributed by atoms with Gasteiger partial charge in [-0.2, -0.15) is 0 Å². The molecular weight excluding hydrogens is 426 g/mol. The standard InChI is InChI=1S/C19H24BrN5O3/c1-19(2,3)28-18(26)25-8-6-24(7-9-25)17-22-11-15(12-23-17)27-13-14-4-5-16(20)21-10-14/h4-5,10-12H,6-9,13H2,1-3H3. The molecule has 0 radical (unpaired) electrons. The zero-order valence-electron chi connectivity index (χ0n) is 16.3. The molecule has 28 heavy (non-hydrogen) atoms. The molecule has 0 aliphatic carbocycles. The number of anilines is 1. The van der Waals surface area contributed by atoms with Crippen molar-refractivity contribution in [1.82, 2.24) is 19.9 Å². The zero-order valence-corrected chi connectivity index (χ0v) is 17.8. The van der Waals surface area contributed by atoms with E-state index < -0.39 is 5.60 Å². The van der Waals surface area contributed by atoms with E-state index in [-0.39, 0.29) is 6.09 Å². The van der Waals surface area contributed by atoms with Gasteiger partial charge < -0.3 is 19.3 Å². The Balaban J connectivity index is 1.49. The molecule has 0 spiro atoms. The van der Waals surface area contributed by atoms with E-state index in [0.29, 0.717) is 44.5 Å². The van der Waals surface area contributed by atoms with Gasteiger partial charge in [-0.25, -0.2) is 19.7 Å². The molecule has 8 nitrogen and oxygen atoms in total. The molecule has 0 aromatic carbocycles. The van der Waals surface area contributed by atoms with Crippen LogP contribution in [-0.4, -0.2) is 57.7 Å². The van der Waals surface area contributed by atoms with Crippen molar-refractivity contribution in [3.63, 3.8) is 0 Å². The molecule has 1 aliphatic rings. The first-order valence-electron chi connectivity index (χ1n) is 9.08. The third kappa shape index (κ3) is 5.79. The number of nitrogens with zero attached hydrogens (tertiary/aromatic N) is 5. The first-order valence-corrected chi connectivity index (χ1v) is 9.87. The van der Waals surface area contributed by atoms with Gasteiger partial charge in [-0.1, -0.05) is 6.07 Å². The number of carbonyl (C=O) groups excluding carboxylic acids is 1. The summed E-state index contributed by atoms with van der Waals surface area (Å²) in [4.78, 5) is 28.8. The summed E-state index contributed by atoms with van der Waals surface area (Å²) < 4.78 is 11.9. The lowest BCUT2D eigenvalue weighted by Crippen LogP contribution is -2.50. The van der Waals surface area contributed by atoms with Crippen molar-refractivity contribution in [3.8, 4) is 5.75 Å². The fraction of sp³-hybridized carbons (Fsp3) is 0.474. The first kappa shape index (κ1) is 20.3. The Bertz CT molecular complexity index is 785. The molecule has 1 fully saturated rings. The molecule has 9 heteroatoms. The number of piperazine rings is 1. The Morgan fingerprint density at radius 1 is 1.07 bits per heavy atom. The fourth-order valence-corrected chi connectivity index (χ4v) is 2.86. The maximum atomic E-state index is 12.1. The highest BCUT2D eigenvalue weighted by Gasteiger charge is 2.26. The van der Waals surface area contributed by atoms with Crippen molar-refractivity contribution in [2.75, 3.05) is 31.1 Å². The van der Waals surface area contributed by atoms with Crippen LogP contribution in [0, 0.1) is 0 Å². The number of amides is 1. The van der Waals surface area contributed by atoms with Crippen LogP contribution in [0.25, 0.3) is 0 Å². The zero-order chi connectivity index (χ0) is 20.1. The number of halogens is 1. The van der Waals surface area contributed by atoms with Gasteiger partial charge in [0, 0.05) is 37.9 Å². The molecule has 1 saturated heterocycles. The number of aromatic nitrogens is 3.